The third-order valence-corrected chi connectivity index (χ3v) is 17.2. The summed E-state index contributed by atoms with van der Waals surface area (Å²) in [6, 6.07) is 59.6. The van der Waals surface area contributed by atoms with Crippen LogP contribution in [0.15, 0.2) is 176 Å². The Morgan fingerprint density at radius 3 is 0.886 bits per heavy atom. The second kappa shape index (κ2) is 66.1. The van der Waals surface area contributed by atoms with E-state index in [2.05, 4.69) is 275 Å². The van der Waals surface area contributed by atoms with Crippen LogP contribution in [0.4, 0.5) is 38.5 Å². The summed E-state index contributed by atoms with van der Waals surface area (Å²) in [5, 5.41) is 29.1. The highest BCUT2D eigenvalue weighted by molar-refractivity contribution is 5.75. The van der Waals surface area contributed by atoms with Crippen LogP contribution >= 0.6 is 0 Å². The highest BCUT2D eigenvalue weighted by Crippen LogP contribution is 2.27. The van der Waals surface area contributed by atoms with Gasteiger partial charge in [0.1, 0.15) is 12.1 Å². The van der Waals surface area contributed by atoms with Crippen molar-refractivity contribution in [2.75, 3.05) is 138 Å². The van der Waals surface area contributed by atoms with Gasteiger partial charge in [0.05, 0.1) is 23.3 Å². The molecule has 7 rings (SSSR count). The number of carbonyl (C=O) groups is 1. The maximum atomic E-state index is 12.1. The summed E-state index contributed by atoms with van der Waals surface area (Å²) in [6.07, 6.45) is 15.5. The summed E-state index contributed by atoms with van der Waals surface area (Å²) in [4.78, 5) is 23.9. The van der Waals surface area contributed by atoms with Crippen LogP contribution in [0.5, 0.6) is 0 Å². The van der Waals surface area contributed by atoms with Gasteiger partial charge in [-0.25, -0.2) is 4.39 Å². The number of anilines is 6. The van der Waals surface area contributed by atoms with Crippen molar-refractivity contribution >= 4 is 46.5 Å². The molecule has 0 aromatic heterocycles. The summed E-state index contributed by atoms with van der Waals surface area (Å²) in [5.41, 5.74) is 20.4. The number of rotatable bonds is 31. The first kappa shape index (κ1) is 103. The molecule has 0 spiro atoms. The number of nitrogens with one attached hydrogen (secondary N) is 1. The zero-order chi connectivity index (χ0) is 77.8. The van der Waals surface area contributed by atoms with Gasteiger partial charge >= 0.3 is 0 Å². The van der Waals surface area contributed by atoms with Crippen LogP contribution in [-0.2, 0) is 0 Å². The second-order valence-corrected chi connectivity index (χ2v) is 25.3. The zero-order valence-electron chi connectivity index (χ0n) is 67.4. The highest BCUT2D eigenvalue weighted by atomic mass is 19.1. The van der Waals surface area contributed by atoms with Crippen LogP contribution in [0.1, 0.15) is 216 Å². The first-order valence-electron chi connectivity index (χ1n) is 37.5. The lowest BCUT2D eigenvalue weighted by Gasteiger charge is -2.20. The number of nitrogens with two attached hydrogens (primary N) is 3. The Balaban J connectivity index is -0.000000559. The number of aliphatic hydroxyl groups excluding tert-OH is 1. The van der Waals surface area contributed by atoms with Crippen molar-refractivity contribution in [1.29, 1.82) is 10.5 Å². The van der Waals surface area contributed by atoms with Gasteiger partial charge < -0.3 is 51.0 Å². The predicted molar refractivity (Wildman–Crippen MR) is 460 cm³/mol. The standard InChI is InChI=1S/C15H25N.C14H24N2.C14H23NO.C12H17N.C11H14N2.C11H15NO.C7H4FN.C4H11N.CH4.H4N2.H2O/c1-5-12-16(4)15-10-8-14(9-11-15)13(6-2)7-3;1-4-10-16(3)14-8-6-13(7-9-14)12(5-2)11-15;1-4-10-15(3)14-8-6-13(7-9-14)12(5-2)11-16;1-4-10-13(3)12-8-6-11(5-2)7-9-12;1-3-8-13(2)11-6-4-10(9-12)5-7-11;1-3-8-12(2)11-6-4-10(9-13)5-7-11;8-7-3-1-6(5-9)2-4-7;1-3-4-5-2;;1-2;/h8-11,13H,5-7,12H2,1-4H3;6-9,12H,4-5,10-11,15H2,1-3H3;6-9,12,16H,4-5,10-11H2,1-3H3;5-9H,2,4,10H2,1,3H3;4-7H,3,8H2,1-2H3;4-7,9H,3,8H2,1-2H3;1-4H;5H,3-4H2,1-2H3;1H4;1-2H2;1H2. The van der Waals surface area contributed by atoms with Gasteiger partial charge in [-0.05, 0) is 246 Å². The first-order valence-corrected chi connectivity index (χ1v) is 37.5. The van der Waals surface area contributed by atoms with Crippen molar-refractivity contribution in [2.24, 2.45) is 17.4 Å². The molecule has 105 heavy (non-hydrogen) atoms. The number of aliphatic hydroxyl groups is 1. The van der Waals surface area contributed by atoms with Crippen LogP contribution in [0.25, 0.3) is 6.08 Å². The number of nitriles is 2. The van der Waals surface area contributed by atoms with E-state index >= 15 is 0 Å². The molecule has 0 amide bonds. The van der Waals surface area contributed by atoms with Gasteiger partial charge in [0.15, 0.2) is 0 Å². The maximum absolute atomic E-state index is 12.1. The lowest BCUT2D eigenvalue weighted by molar-refractivity contribution is 0.112. The van der Waals surface area contributed by atoms with Crippen molar-refractivity contribution in [3.63, 3.8) is 0 Å². The topological polar surface area (TPSA) is 226 Å². The zero-order valence-corrected chi connectivity index (χ0v) is 67.4. The van der Waals surface area contributed by atoms with E-state index in [1.807, 2.05) is 67.7 Å². The maximum Gasteiger partial charge on any atom is 0.150 e. The number of hydrogen-bond donors (Lipinski definition) is 5. The molecule has 16 heteroatoms. The molecule has 0 bridgehead atoms. The number of halogens is 1. The Morgan fingerprint density at radius 2 is 0.676 bits per heavy atom. The average molecular weight is 1450 g/mol. The molecule has 0 aliphatic rings. The number of aldehydes is 1. The Kier molecular flexibility index (Phi) is 64.7. The molecule has 2 atom stereocenters. The van der Waals surface area contributed by atoms with Gasteiger partial charge in [-0.1, -0.05) is 145 Å². The fourth-order valence-electron chi connectivity index (χ4n) is 10.8. The Bertz CT molecular complexity index is 2990. The lowest BCUT2D eigenvalue weighted by Crippen LogP contribution is -2.18. The summed E-state index contributed by atoms with van der Waals surface area (Å²) < 4.78 is 12.1. The Hall–Kier alpha value is -8.58. The monoisotopic (exact) mass is 1450 g/mol. The van der Waals surface area contributed by atoms with Crippen LogP contribution in [-0.4, -0.2) is 125 Å². The molecule has 15 nitrogen and oxygen atoms in total. The number of carbonyl (C=O) groups excluding carboxylic acids is 1. The third-order valence-electron chi connectivity index (χ3n) is 17.2. The van der Waals surface area contributed by atoms with Crippen molar-refractivity contribution in [3.8, 4) is 12.1 Å². The molecule has 7 aromatic rings. The van der Waals surface area contributed by atoms with Crippen LogP contribution in [0.2, 0.25) is 0 Å². The lowest BCUT2D eigenvalue weighted by atomic mass is 9.94. The summed E-state index contributed by atoms with van der Waals surface area (Å²) >= 11 is 0. The van der Waals surface area contributed by atoms with Crippen LogP contribution in [0.3, 0.4) is 0 Å². The van der Waals surface area contributed by atoms with Gasteiger partial charge in [0, 0.05) is 134 Å². The number of nitrogens with zero attached hydrogens (tertiary/aromatic N) is 8. The van der Waals surface area contributed by atoms with Crippen molar-refractivity contribution in [1.82, 2.24) is 5.32 Å². The van der Waals surface area contributed by atoms with E-state index in [1.54, 1.807) is 0 Å². The fourth-order valence-corrected chi connectivity index (χ4v) is 10.8. The number of hydrogen-bond acceptors (Lipinski definition) is 14. The van der Waals surface area contributed by atoms with E-state index in [4.69, 9.17) is 16.3 Å². The van der Waals surface area contributed by atoms with E-state index in [0.717, 1.165) is 108 Å². The van der Waals surface area contributed by atoms with E-state index in [9.17, 15) is 14.3 Å². The number of benzene rings is 7. The molecule has 0 heterocycles. The van der Waals surface area contributed by atoms with Gasteiger partial charge in [-0.3, -0.25) is 16.5 Å². The molecule has 0 fully saturated rings. The SMILES string of the molecule is C.C=Cc1ccc(N(C)CCC)cc1.CCCN(C)c1ccc(C#N)cc1.CCCN(C)c1ccc(C(CC)CC)cc1.CCCN(C)c1ccc(C(CC)CN)cc1.CCCN(C)c1ccc(C(CC)CO)cc1.CCCN(C)c1ccc(C=O)cc1.CCCNC.N#Cc1ccc(F)cc1.NN.O. The summed E-state index contributed by atoms with van der Waals surface area (Å²) in [5.74, 6) is 9.20. The average Bonchev–Trinajstić information content (AvgIpc) is 0.833. The molecular weight excluding hydrogens is 1300 g/mol. The Morgan fingerprint density at radius 1 is 0.429 bits per heavy atom. The highest BCUT2D eigenvalue weighted by Gasteiger charge is 2.11. The molecular formula is C89H143FN12O3. The molecule has 2 unspecified atom stereocenters. The fraction of sp³-hybridized carbons (Fsp3) is 0.472. The molecule has 0 aliphatic heterocycles. The van der Waals surface area contributed by atoms with Crippen molar-refractivity contribution in [3.05, 3.63) is 221 Å². The van der Waals surface area contributed by atoms with E-state index in [0.29, 0.717) is 17.0 Å². The molecule has 0 aliphatic carbocycles. The molecule has 0 saturated carbocycles. The smallest absolute Gasteiger partial charge is 0.150 e. The van der Waals surface area contributed by atoms with Crippen molar-refractivity contribution < 1.29 is 19.8 Å². The minimum Gasteiger partial charge on any atom is -0.412 e. The number of hydrazine groups is 1. The van der Waals surface area contributed by atoms with Gasteiger partial charge in [-0.2, -0.15) is 10.5 Å². The molecule has 0 saturated heterocycles. The van der Waals surface area contributed by atoms with Gasteiger partial charge in [-0.15, -0.1) is 0 Å². The second-order valence-electron chi connectivity index (χ2n) is 25.3. The van der Waals surface area contributed by atoms with E-state index in [-0.39, 0.29) is 31.2 Å². The summed E-state index contributed by atoms with van der Waals surface area (Å²) in [7, 11) is 14.6. The summed E-state index contributed by atoms with van der Waals surface area (Å²) in [6.45, 7) is 36.4. The van der Waals surface area contributed by atoms with E-state index in [1.165, 1.54) is 113 Å². The van der Waals surface area contributed by atoms with Crippen LogP contribution < -0.4 is 52.1 Å². The van der Waals surface area contributed by atoms with Crippen LogP contribution in [0, 0.1) is 28.5 Å². The third kappa shape index (κ3) is 44.1. The predicted octanol–water partition coefficient (Wildman–Crippen LogP) is 19.3. The van der Waals surface area contributed by atoms with Gasteiger partial charge in [0.2, 0.25) is 0 Å². The largest absolute Gasteiger partial charge is 0.412 e. The normalized spacial score (nSPS) is 10.2. The minimum absolute atomic E-state index is 0. The first-order chi connectivity index (χ1) is 49.7. The molecule has 0 radical (unpaired) electrons. The quantitative estimate of drug-likeness (QED) is 0.0155. The molecule has 7 aromatic carbocycles. The Labute approximate surface area is 639 Å². The molecule has 584 valence electrons. The van der Waals surface area contributed by atoms with Gasteiger partial charge in [0.25, 0.3) is 0 Å². The van der Waals surface area contributed by atoms with E-state index < -0.39 is 0 Å². The molecule has 10 N–H and O–H groups in total. The van der Waals surface area contributed by atoms with Crippen molar-refractivity contribution in [2.45, 2.75) is 172 Å². The minimum atomic E-state index is -0.311.